The predicted octanol–water partition coefficient (Wildman–Crippen LogP) is 4.48. The molecule has 1 fully saturated rings. The second-order valence-electron chi connectivity index (χ2n) is 9.72. The van der Waals surface area contributed by atoms with E-state index in [0.717, 1.165) is 29.3 Å². The Labute approximate surface area is 221 Å². The summed E-state index contributed by atoms with van der Waals surface area (Å²) in [7, 11) is 0. The van der Waals surface area contributed by atoms with Gasteiger partial charge in [0.15, 0.2) is 0 Å². The number of rotatable bonds is 1. The number of nitrogens with zero attached hydrogens (tertiary/aromatic N) is 1. The maximum atomic E-state index is 13.4. The fourth-order valence-electron chi connectivity index (χ4n) is 5.00. The van der Waals surface area contributed by atoms with E-state index in [1.807, 2.05) is 48.2 Å². The van der Waals surface area contributed by atoms with Crippen LogP contribution in [0.2, 0.25) is 0 Å². The first-order valence-electron chi connectivity index (χ1n) is 12.7. The van der Waals surface area contributed by atoms with Crippen molar-refractivity contribution in [3.05, 3.63) is 63.6 Å². The quantitative estimate of drug-likeness (QED) is 0.543. The number of amides is 3. The SMILES string of the molecule is Cc1ccc2c(c1)OCCCNC(=O)C1(CCCCNC2=O)CCN(C(=O)c2ccccc2Br)CC1. The zero-order valence-corrected chi connectivity index (χ0v) is 22.4. The molecule has 8 heteroatoms. The van der Waals surface area contributed by atoms with Gasteiger partial charge in [-0.15, -0.1) is 0 Å². The second kappa shape index (κ2) is 11.9. The summed E-state index contributed by atoms with van der Waals surface area (Å²) >= 11 is 3.48. The van der Waals surface area contributed by atoms with Crippen molar-refractivity contribution >= 4 is 33.7 Å². The minimum atomic E-state index is -0.504. The Bertz CT molecular complexity index is 1110. The summed E-state index contributed by atoms with van der Waals surface area (Å²) in [6.07, 6.45) is 4.23. The molecule has 1 spiro atoms. The van der Waals surface area contributed by atoms with Gasteiger partial charge in [0, 0.05) is 30.7 Å². The summed E-state index contributed by atoms with van der Waals surface area (Å²) in [5.74, 6) is 0.491. The van der Waals surface area contributed by atoms with Gasteiger partial charge in [-0.1, -0.05) is 24.6 Å². The van der Waals surface area contributed by atoms with E-state index < -0.39 is 5.41 Å². The third-order valence-electron chi connectivity index (χ3n) is 7.21. The molecule has 192 valence electrons. The molecule has 0 aliphatic carbocycles. The first kappa shape index (κ1) is 26.2. The number of nitrogens with one attached hydrogen (secondary N) is 2. The van der Waals surface area contributed by atoms with Crippen molar-refractivity contribution in [3.8, 4) is 5.75 Å². The highest BCUT2D eigenvalue weighted by atomic mass is 79.9. The third kappa shape index (κ3) is 6.09. The standard InChI is InChI=1S/C28H34BrN3O4/c1-20-9-10-22-24(19-20)36-18-6-15-31-27(35)28(11-4-5-14-30-25(22)33)12-16-32(17-13-28)26(34)21-7-2-3-8-23(21)29/h2-3,7-10,19H,4-6,11-18H2,1H3,(H,30,33)(H,31,35). The molecule has 36 heavy (non-hydrogen) atoms. The van der Waals surface area contributed by atoms with Crippen LogP contribution in [-0.4, -0.2) is 55.4 Å². The van der Waals surface area contributed by atoms with Gasteiger partial charge >= 0.3 is 0 Å². The maximum absolute atomic E-state index is 13.4. The average Bonchev–Trinajstić information content (AvgIpc) is 2.88. The van der Waals surface area contributed by atoms with Crippen molar-refractivity contribution in [1.82, 2.24) is 15.5 Å². The van der Waals surface area contributed by atoms with Crippen LogP contribution in [0.5, 0.6) is 5.75 Å². The minimum absolute atomic E-state index is 0.00969. The highest BCUT2D eigenvalue weighted by Crippen LogP contribution is 2.38. The van der Waals surface area contributed by atoms with Crippen LogP contribution >= 0.6 is 15.9 Å². The molecular formula is C28H34BrN3O4. The number of hydrogen-bond donors (Lipinski definition) is 2. The third-order valence-corrected chi connectivity index (χ3v) is 7.90. The summed E-state index contributed by atoms with van der Waals surface area (Å²) in [6, 6.07) is 13.0. The number of aryl methyl sites for hydroxylation is 1. The molecule has 0 aromatic heterocycles. The van der Waals surface area contributed by atoms with E-state index in [-0.39, 0.29) is 17.7 Å². The molecule has 2 aromatic rings. The molecular weight excluding hydrogens is 522 g/mol. The number of ether oxygens (including phenoxy) is 1. The summed E-state index contributed by atoms with van der Waals surface area (Å²) in [5.41, 5.74) is 1.71. The van der Waals surface area contributed by atoms with Crippen molar-refractivity contribution < 1.29 is 19.1 Å². The van der Waals surface area contributed by atoms with Crippen molar-refractivity contribution in [2.75, 3.05) is 32.8 Å². The molecule has 2 aliphatic rings. The first-order chi connectivity index (χ1) is 17.4. The van der Waals surface area contributed by atoms with E-state index in [1.165, 1.54) is 0 Å². The van der Waals surface area contributed by atoms with Crippen molar-refractivity contribution in [3.63, 3.8) is 0 Å². The van der Waals surface area contributed by atoms with Gasteiger partial charge in [-0.05, 0) is 84.8 Å². The van der Waals surface area contributed by atoms with Gasteiger partial charge in [0.2, 0.25) is 5.91 Å². The topological polar surface area (TPSA) is 87.7 Å². The van der Waals surface area contributed by atoms with Crippen LogP contribution in [0.4, 0.5) is 0 Å². The first-order valence-corrected chi connectivity index (χ1v) is 13.5. The lowest BCUT2D eigenvalue weighted by Crippen LogP contribution is -2.50. The monoisotopic (exact) mass is 555 g/mol. The van der Waals surface area contributed by atoms with Gasteiger partial charge in [-0.2, -0.15) is 0 Å². The summed E-state index contributed by atoms with van der Waals surface area (Å²) in [6.45, 7) is 4.51. The molecule has 0 bridgehead atoms. The minimum Gasteiger partial charge on any atom is -0.493 e. The van der Waals surface area contributed by atoms with E-state index in [2.05, 4.69) is 26.6 Å². The molecule has 2 heterocycles. The molecule has 1 saturated heterocycles. The highest BCUT2D eigenvalue weighted by Gasteiger charge is 2.41. The van der Waals surface area contributed by atoms with Gasteiger partial charge in [0.05, 0.1) is 23.1 Å². The van der Waals surface area contributed by atoms with E-state index >= 15 is 0 Å². The molecule has 0 saturated carbocycles. The van der Waals surface area contributed by atoms with E-state index in [4.69, 9.17) is 4.74 Å². The summed E-state index contributed by atoms with van der Waals surface area (Å²) in [4.78, 5) is 41.1. The van der Waals surface area contributed by atoms with Crippen LogP contribution in [0, 0.1) is 12.3 Å². The molecule has 0 radical (unpaired) electrons. The van der Waals surface area contributed by atoms with E-state index in [1.54, 1.807) is 6.07 Å². The lowest BCUT2D eigenvalue weighted by Gasteiger charge is -2.41. The number of fused-ring (bicyclic) bond motifs is 1. The highest BCUT2D eigenvalue weighted by molar-refractivity contribution is 9.10. The molecule has 4 rings (SSSR count). The number of benzene rings is 2. The molecule has 0 unspecified atom stereocenters. The van der Waals surface area contributed by atoms with Gasteiger partial charge in [0.25, 0.3) is 11.8 Å². The fourth-order valence-corrected chi connectivity index (χ4v) is 5.45. The second-order valence-corrected chi connectivity index (χ2v) is 10.6. The Hall–Kier alpha value is -2.87. The molecule has 3 amide bonds. The molecule has 7 nitrogen and oxygen atoms in total. The Morgan fingerprint density at radius 1 is 0.972 bits per heavy atom. The average molecular weight is 557 g/mol. The summed E-state index contributed by atoms with van der Waals surface area (Å²) in [5, 5.41) is 6.13. The Morgan fingerprint density at radius 2 is 1.72 bits per heavy atom. The van der Waals surface area contributed by atoms with Crippen LogP contribution in [-0.2, 0) is 4.79 Å². The maximum Gasteiger partial charge on any atom is 0.255 e. The van der Waals surface area contributed by atoms with E-state index in [0.29, 0.717) is 68.9 Å². The van der Waals surface area contributed by atoms with Crippen molar-refractivity contribution in [1.29, 1.82) is 0 Å². The number of piperidine rings is 1. The van der Waals surface area contributed by atoms with Crippen LogP contribution in [0.15, 0.2) is 46.9 Å². The van der Waals surface area contributed by atoms with Gasteiger partial charge in [-0.25, -0.2) is 0 Å². The molecule has 0 atom stereocenters. The van der Waals surface area contributed by atoms with Crippen molar-refractivity contribution in [2.45, 2.75) is 45.4 Å². The zero-order valence-electron chi connectivity index (χ0n) is 20.8. The zero-order chi connectivity index (χ0) is 25.5. The molecule has 2 N–H and O–H groups in total. The fraction of sp³-hybridized carbons (Fsp3) is 0.464. The number of likely N-dealkylation sites (tertiary alicyclic amines) is 1. The van der Waals surface area contributed by atoms with Crippen LogP contribution in [0.1, 0.15) is 64.8 Å². The summed E-state index contributed by atoms with van der Waals surface area (Å²) < 4.78 is 6.70. The van der Waals surface area contributed by atoms with Crippen LogP contribution < -0.4 is 15.4 Å². The largest absolute Gasteiger partial charge is 0.493 e. The normalized spacial score (nSPS) is 19.2. The van der Waals surface area contributed by atoms with E-state index in [9.17, 15) is 14.4 Å². The number of halogens is 1. The number of carbonyl (C=O) groups excluding carboxylic acids is 3. The molecule has 2 aromatic carbocycles. The molecule has 2 aliphatic heterocycles. The lowest BCUT2D eigenvalue weighted by molar-refractivity contribution is -0.134. The number of carbonyl (C=O) groups is 3. The number of hydrogen-bond acceptors (Lipinski definition) is 4. The van der Waals surface area contributed by atoms with Crippen LogP contribution in [0.3, 0.4) is 0 Å². The van der Waals surface area contributed by atoms with Gasteiger partial charge in [0.1, 0.15) is 5.75 Å². The Morgan fingerprint density at radius 3 is 2.50 bits per heavy atom. The lowest BCUT2D eigenvalue weighted by atomic mass is 9.73. The van der Waals surface area contributed by atoms with Gasteiger partial charge < -0.3 is 20.3 Å². The Kier molecular flexibility index (Phi) is 8.67. The van der Waals surface area contributed by atoms with Crippen LogP contribution in [0.25, 0.3) is 0 Å². The Balaban J connectivity index is 1.41. The predicted molar refractivity (Wildman–Crippen MR) is 142 cm³/mol. The van der Waals surface area contributed by atoms with Gasteiger partial charge in [-0.3, -0.25) is 14.4 Å². The van der Waals surface area contributed by atoms with Crippen molar-refractivity contribution in [2.24, 2.45) is 5.41 Å². The smallest absolute Gasteiger partial charge is 0.255 e.